The summed E-state index contributed by atoms with van der Waals surface area (Å²) in [5.74, 6) is -0.631. The molecule has 0 rings (SSSR count). The zero-order valence-corrected chi connectivity index (χ0v) is 12.7. The van der Waals surface area contributed by atoms with E-state index >= 15 is 0 Å². The Balaban J connectivity index is 4.49. The second kappa shape index (κ2) is 7.59. The molecule has 0 bridgehead atoms. The molecule has 0 fully saturated rings. The van der Waals surface area contributed by atoms with Crippen molar-refractivity contribution >= 4 is 36.7 Å². The lowest BCUT2D eigenvalue weighted by molar-refractivity contribution is -0.119. The molecule has 0 unspecified atom stereocenters. The van der Waals surface area contributed by atoms with E-state index in [0.29, 0.717) is 0 Å². The number of carbonyl (C=O) groups is 1. The van der Waals surface area contributed by atoms with Crippen LogP contribution in [0.5, 0.6) is 0 Å². The summed E-state index contributed by atoms with van der Waals surface area (Å²) in [6, 6.07) is 0. The van der Waals surface area contributed by atoms with Crippen molar-refractivity contribution in [1.29, 1.82) is 0 Å². The molecule has 0 aromatic heterocycles. The van der Waals surface area contributed by atoms with E-state index in [1.165, 1.54) is 0 Å². The minimum Gasteiger partial charge on any atom is -0.342 e. The van der Waals surface area contributed by atoms with Crippen molar-refractivity contribution in [3.05, 3.63) is 0 Å². The molecule has 0 aliphatic carbocycles. The maximum Gasteiger partial charge on any atom is 0.350 e. The van der Waals surface area contributed by atoms with Crippen molar-refractivity contribution in [2.75, 3.05) is 6.29 Å². The van der Waals surface area contributed by atoms with Gasteiger partial charge in [-0.15, -0.1) is 0 Å². The maximum atomic E-state index is 12.2. The largest absolute Gasteiger partial charge is 0.350 e. The first-order valence-electron chi connectivity index (χ1n) is 5.18. The fourth-order valence-electron chi connectivity index (χ4n) is 0.994. The summed E-state index contributed by atoms with van der Waals surface area (Å²) >= 11 is 10.7. The fourth-order valence-corrected chi connectivity index (χ4v) is 2.98. The van der Waals surface area contributed by atoms with Gasteiger partial charge in [0.05, 0.1) is 12.2 Å². The average molecular weight is 306 g/mol. The third kappa shape index (κ3) is 8.01. The summed E-state index contributed by atoms with van der Waals surface area (Å²) in [5, 5.41) is 2.32. The van der Waals surface area contributed by atoms with Gasteiger partial charge >= 0.3 is 7.60 Å². The molecule has 0 saturated carbocycles. The molecule has 0 spiro atoms. The van der Waals surface area contributed by atoms with Gasteiger partial charge in [0.2, 0.25) is 0 Å². The molecule has 17 heavy (non-hydrogen) atoms. The van der Waals surface area contributed by atoms with E-state index in [-0.39, 0.29) is 18.5 Å². The average Bonchev–Trinajstić information content (AvgIpc) is 2.11. The molecule has 0 aliphatic heterocycles. The summed E-state index contributed by atoms with van der Waals surface area (Å²) in [4.78, 5) is 9.95. The highest BCUT2D eigenvalue weighted by Gasteiger charge is 2.29. The van der Waals surface area contributed by atoms with E-state index in [1.807, 2.05) is 0 Å². The SMILES string of the molecule is CC(C)OP(=O)(CNC(=O)C(Cl)Cl)OC(C)C. The molecular weight excluding hydrogens is 288 g/mol. The van der Waals surface area contributed by atoms with Gasteiger partial charge in [-0.25, -0.2) is 0 Å². The van der Waals surface area contributed by atoms with Crippen LogP contribution in [0.4, 0.5) is 0 Å². The van der Waals surface area contributed by atoms with E-state index in [9.17, 15) is 9.36 Å². The standard InChI is InChI=1S/C9H18Cl2NO4P/c1-6(2)15-17(14,16-7(3)4)5-12-9(13)8(10)11/h6-8H,5H2,1-4H3,(H,12,13). The molecule has 0 aromatic rings. The van der Waals surface area contributed by atoms with Crippen LogP contribution in [-0.4, -0.2) is 29.2 Å². The molecule has 5 nitrogen and oxygen atoms in total. The Morgan fingerprint density at radius 3 is 1.88 bits per heavy atom. The molecule has 102 valence electrons. The van der Waals surface area contributed by atoms with Crippen LogP contribution in [0.25, 0.3) is 0 Å². The van der Waals surface area contributed by atoms with Crippen LogP contribution < -0.4 is 5.32 Å². The molecule has 0 radical (unpaired) electrons. The molecule has 0 heterocycles. The summed E-state index contributed by atoms with van der Waals surface area (Å²) in [5.41, 5.74) is 0. The lowest BCUT2D eigenvalue weighted by Crippen LogP contribution is -2.30. The van der Waals surface area contributed by atoms with Crippen molar-refractivity contribution in [3.8, 4) is 0 Å². The van der Waals surface area contributed by atoms with Gasteiger partial charge in [0.25, 0.3) is 5.91 Å². The number of hydrogen-bond acceptors (Lipinski definition) is 4. The topological polar surface area (TPSA) is 64.6 Å². The summed E-state index contributed by atoms with van der Waals surface area (Å²) in [6.07, 6.45) is -0.809. The monoisotopic (exact) mass is 305 g/mol. The number of hydrogen-bond donors (Lipinski definition) is 1. The Morgan fingerprint density at radius 2 is 1.59 bits per heavy atom. The zero-order valence-electron chi connectivity index (χ0n) is 10.3. The van der Waals surface area contributed by atoms with Crippen LogP contribution in [-0.2, 0) is 18.4 Å². The predicted octanol–water partition coefficient (Wildman–Crippen LogP) is 2.91. The number of amides is 1. The predicted molar refractivity (Wildman–Crippen MR) is 68.6 cm³/mol. The lowest BCUT2D eigenvalue weighted by Gasteiger charge is -2.23. The molecule has 0 aliphatic rings. The molecule has 0 atom stereocenters. The van der Waals surface area contributed by atoms with Crippen molar-refractivity contribution in [2.24, 2.45) is 0 Å². The molecule has 0 aromatic carbocycles. The Morgan fingerprint density at radius 1 is 1.18 bits per heavy atom. The highest BCUT2D eigenvalue weighted by molar-refractivity contribution is 7.53. The Bertz CT molecular complexity index is 283. The van der Waals surface area contributed by atoms with Crippen LogP contribution in [0.1, 0.15) is 27.7 Å². The van der Waals surface area contributed by atoms with Crippen LogP contribution in [0.15, 0.2) is 0 Å². The maximum absolute atomic E-state index is 12.2. The number of rotatable bonds is 7. The summed E-state index contributed by atoms with van der Waals surface area (Å²) in [7, 11) is -3.37. The highest BCUT2D eigenvalue weighted by atomic mass is 35.5. The summed E-state index contributed by atoms with van der Waals surface area (Å²) in [6.45, 7) is 6.91. The molecule has 0 saturated heterocycles. The minimum atomic E-state index is -3.37. The van der Waals surface area contributed by atoms with Gasteiger partial charge in [0, 0.05) is 0 Å². The zero-order chi connectivity index (χ0) is 13.6. The van der Waals surface area contributed by atoms with Crippen LogP contribution >= 0.6 is 30.8 Å². The minimum absolute atomic E-state index is 0.252. The first-order valence-corrected chi connectivity index (χ1v) is 7.78. The highest BCUT2D eigenvalue weighted by Crippen LogP contribution is 2.49. The number of alkyl halides is 2. The molecule has 1 amide bonds. The number of nitrogens with one attached hydrogen (secondary N) is 1. The van der Waals surface area contributed by atoms with E-state index in [4.69, 9.17) is 32.2 Å². The Hall–Kier alpha value is 0.200. The third-order valence-corrected chi connectivity index (χ3v) is 3.82. The summed E-state index contributed by atoms with van der Waals surface area (Å²) < 4.78 is 22.6. The second-order valence-electron chi connectivity index (χ2n) is 3.92. The van der Waals surface area contributed by atoms with E-state index in [1.54, 1.807) is 27.7 Å². The van der Waals surface area contributed by atoms with Crippen molar-refractivity contribution in [2.45, 2.75) is 44.7 Å². The van der Waals surface area contributed by atoms with Crippen LogP contribution in [0.3, 0.4) is 0 Å². The normalized spacial score (nSPS) is 12.5. The van der Waals surface area contributed by atoms with Crippen molar-refractivity contribution in [3.63, 3.8) is 0 Å². The van der Waals surface area contributed by atoms with Gasteiger partial charge in [-0.2, -0.15) is 0 Å². The third-order valence-electron chi connectivity index (χ3n) is 1.39. The van der Waals surface area contributed by atoms with Gasteiger partial charge in [0.1, 0.15) is 6.29 Å². The van der Waals surface area contributed by atoms with Gasteiger partial charge in [-0.05, 0) is 27.7 Å². The van der Waals surface area contributed by atoms with Gasteiger partial charge < -0.3 is 14.4 Å². The lowest BCUT2D eigenvalue weighted by atomic mass is 10.5. The number of halogens is 2. The van der Waals surface area contributed by atoms with Crippen molar-refractivity contribution < 1.29 is 18.4 Å². The Kier molecular flexibility index (Phi) is 7.68. The van der Waals surface area contributed by atoms with E-state index in [0.717, 1.165) is 0 Å². The molecule has 1 N–H and O–H groups in total. The van der Waals surface area contributed by atoms with Gasteiger partial charge in [-0.3, -0.25) is 9.36 Å². The van der Waals surface area contributed by atoms with Gasteiger partial charge in [-0.1, -0.05) is 23.2 Å². The van der Waals surface area contributed by atoms with Crippen LogP contribution in [0.2, 0.25) is 0 Å². The van der Waals surface area contributed by atoms with Crippen molar-refractivity contribution in [1.82, 2.24) is 5.32 Å². The van der Waals surface area contributed by atoms with E-state index in [2.05, 4.69) is 5.32 Å². The smallest absolute Gasteiger partial charge is 0.342 e. The molecule has 8 heteroatoms. The second-order valence-corrected chi connectivity index (χ2v) is 6.98. The first kappa shape index (κ1) is 17.2. The van der Waals surface area contributed by atoms with E-state index < -0.39 is 18.3 Å². The van der Waals surface area contributed by atoms with Crippen LogP contribution in [0, 0.1) is 0 Å². The molecular formula is C9H18Cl2NO4P. The van der Waals surface area contributed by atoms with Gasteiger partial charge in [0.15, 0.2) is 4.84 Å². The number of carbonyl (C=O) groups excluding carboxylic acids is 1. The fraction of sp³-hybridized carbons (Fsp3) is 0.889. The quantitative estimate of drug-likeness (QED) is 0.580. The Labute approximate surface area is 112 Å². The first-order chi connectivity index (χ1) is 7.66.